The van der Waals surface area contributed by atoms with Gasteiger partial charge >= 0.3 is 0 Å². The van der Waals surface area contributed by atoms with Gasteiger partial charge in [-0.1, -0.05) is 22.9 Å². The number of nitrogens with zero attached hydrogens (tertiary/aromatic N) is 2. The minimum atomic E-state index is 0.530. The first-order valence-corrected chi connectivity index (χ1v) is 7.89. The molecule has 2 aromatic carbocycles. The van der Waals surface area contributed by atoms with Crippen LogP contribution in [0, 0.1) is 6.92 Å². The molecule has 0 atom stereocenters. The summed E-state index contributed by atoms with van der Waals surface area (Å²) in [6.45, 7) is 2.08. The summed E-state index contributed by atoms with van der Waals surface area (Å²) in [7, 11) is 1.64. The van der Waals surface area contributed by atoms with Gasteiger partial charge in [0, 0.05) is 10.5 Å². The Morgan fingerprint density at radius 3 is 2.68 bits per heavy atom. The number of methoxy groups -OCH3 is 1. The molecule has 0 aliphatic carbocycles. The lowest BCUT2D eigenvalue weighted by atomic mass is 10.2. The van der Waals surface area contributed by atoms with Gasteiger partial charge in [0.25, 0.3) is 5.89 Å². The summed E-state index contributed by atoms with van der Waals surface area (Å²) < 4.78 is 10.5. The quantitative estimate of drug-likeness (QED) is 0.656. The van der Waals surface area contributed by atoms with Gasteiger partial charge in [-0.25, -0.2) is 0 Å². The van der Waals surface area contributed by atoms with Gasteiger partial charge in [0.15, 0.2) is 5.82 Å². The van der Waals surface area contributed by atoms with Gasteiger partial charge < -0.3 is 9.26 Å². The summed E-state index contributed by atoms with van der Waals surface area (Å²) in [5, 5.41) is 4.03. The Kier molecular flexibility index (Phi) is 4.44. The number of hydrogen-bond donors (Lipinski definition) is 0. The van der Waals surface area contributed by atoms with Gasteiger partial charge in [0.05, 0.1) is 12.9 Å². The number of aromatic nitrogens is 2. The Balaban J connectivity index is 1.68. The first-order chi connectivity index (χ1) is 10.7. The molecule has 0 aliphatic heterocycles. The zero-order chi connectivity index (χ0) is 15.4. The fraction of sp³-hybridized carbons (Fsp3) is 0.176. The van der Waals surface area contributed by atoms with Crippen LogP contribution in [0.25, 0.3) is 11.5 Å². The Morgan fingerprint density at radius 2 is 1.95 bits per heavy atom. The van der Waals surface area contributed by atoms with Crippen LogP contribution in [0.1, 0.15) is 11.4 Å². The summed E-state index contributed by atoms with van der Waals surface area (Å²) in [6, 6.07) is 15.9. The molecule has 0 bridgehead atoms. The van der Waals surface area contributed by atoms with E-state index < -0.39 is 0 Å². The molecule has 1 aromatic heterocycles. The molecule has 0 radical (unpaired) electrons. The van der Waals surface area contributed by atoms with E-state index in [4.69, 9.17) is 9.26 Å². The lowest BCUT2D eigenvalue weighted by molar-refractivity contribution is 0.414. The number of thioether (sulfide) groups is 1. The van der Waals surface area contributed by atoms with Crippen LogP contribution in [0.2, 0.25) is 0 Å². The van der Waals surface area contributed by atoms with Crippen molar-refractivity contribution < 1.29 is 9.26 Å². The molecule has 1 heterocycles. The van der Waals surface area contributed by atoms with E-state index in [1.807, 2.05) is 24.3 Å². The van der Waals surface area contributed by atoms with Crippen molar-refractivity contribution >= 4 is 11.8 Å². The third kappa shape index (κ3) is 3.49. The van der Waals surface area contributed by atoms with Gasteiger partial charge in [-0.3, -0.25) is 0 Å². The number of benzene rings is 2. The molecule has 0 N–H and O–H groups in total. The number of rotatable bonds is 5. The summed E-state index contributed by atoms with van der Waals surface area (Å²) in [5.74, 6) is 2.71. The van der Waals surface area contributed by atoms with Crippen molar-refractivity contribution in [1.82, 2.24) is 10.1 Å². The molecule has 0 unspecified atom stereocenters. The van der Waals surface area contributed by atoms with Crippen molar-refractivity contribution in [3.63, 3.8) is 0 Å². The van der Waals surface area contributed by atoms with E-state index in [0.717, 1.165) is 11.3 Å². The van der Waals surface area contributed by atoms with E-state index in [1.165, 1.54) is 10.5 Å². The highest BCUT2D eigenvalue weighted by molar-refractivity contribution is 7.98. The zero-order valence-corrected chi connectivity index (χ0v) is 13.3. The highest BCUT2D eigenvalue weighted by Crippen LogP contribution is 2.25. The average molecular weight is 312 g/mol. The molecule has 0 aliphatic rings. The Morgan fingerprint density at radius 1 is 1.14 bits per heavy atom. The topological polar surface area (TPSA) is 48.2 Å². The van der Waals surface area contributed by atoms with Gasteiger partial charge in [0.1, 0.15) is 5.75 Å². The molecule has 112 valence electrons. The molecule has 3 aromatic rings. The standard InChI is InChI=1S/C17H16N2O2S/c1-12-4-3-5-15(10-12)22-11-16-18-17(21-19-16)13-6-8-14(20-2)9-7-13/h3-10H,11H2,1-2H3. The zero-order valence-electron chi connectivity index (χ0n) is 12.4. The van der Waals surface area contributed by atoms with E-state index >= 15 is 0 Å². The van der Waals surface area contributed by atoms with E-state index in [0.29, 0.717) is 17.5 Å². The molecular weight excluding hydrogens is 296 g/mol. The smallest absolute Gasteiger partial charge is 0.257 e. The maximum Gasteiger partial charge on any atom is 0.257 e. The molecule has 0 saturated heterocycles. The first-order valence-electron chi connectivity index (χ1n) is 6.91. The normalized spacial score (nSPS) is 10.6. The van der Waals surface area contributed by atoms with Crippen molar-refractivity contribution in [3.05, 3.63) is 59.9 Å². The molecule has 3 rings (SSSR count). The number of hydrogen-bond acceptors (Lipinski definition) is 5. The largest absolute Gasteiger partial charge is 0.497 e. The highest BCUT2D eigenvalue weighted by Gasteiger charge is 2.09. The van der Waals surface area contributed by atoms with Crippen LogP contribution < -0.4 is 4.74 Å². The van der Waals surface area contributed by atoms with Gasteiger partial charge in [-0.2, -0.15) is 4.98 Å². The Bertz CT molecular complexity index is 753. The van der Waals surface area contributed by atoms with Gasteiger partial charge in [0.2, 0.25) is 0 Å². The molecule has 4 nitrogen and oxygen atoms in total. The second kappa shape index (κ2) is 6.66. The van der Waals surface area contributed by atoms with Crippen LogP contribution in [0.15, 0.2) is 57.9 Å². The summed E-state index contributed by atoms with van der Waals surface area (Å²) in [5.41, 5.74) is 2.14. The van der Waals surface area contributed by atoms with E-state index in [1.54, 1.807) is 18.9 Å². The Hall–Kier alpha value is -2.27. The van der Waals surface area contributed by atoms with Crippen molar-refractivity contribution in [1.29, 1.82) is 0 Å². The van der Waals surface area contributed by atoms with Crippen molar-refractivity contribution in [2.24, 2.45) is 0 Å². The highest BCUT2D eigenvalue weighted by atomic mass is 32.2. The number of aryl methyl sites for hydroxylation is 1. The third-order valence-electron chi connectivity index (χ3n) is 3.16. The average Bonchev–Trinajstić information content (AvgIpc) is 3.02. The second-order valence-electron chi connectivity index (χ2n) is 4.85. The maximum absolute atomic E-state index is 5.32. The van der Waals surface area contributed by atoms with Crippen molar-refractivity contribution in [2.45, 2.75) is 17.6 Å². The van der Waals surface area contributed by atoms with Crippen molar-refractivity contribution in [3.8, 4) is 17.2 Å². The molecule has 0 fully saturated rings. The summed E-state index contributed by atoms with van der Waals surface area (Å²) in [4.78, 5) is 5.64. The predicted molar refractivity (Wildman–Crippen MR) is 87.0 cm³/mol. The van der Waals surface area contributed by atoms with Gasteiger partial charge in [-0.05, 0) is 43.3 Å². The third-order valence-corrected chi connectivity index (χ3v) is 4.15. The molecule has 22 heavy (non-hydrogen) atoms. The minimum Gasteiger partial charge on any atom is -0.497 e. The van der Waals surface area contributed by atoms with Crippen molar-refractivity contribution in [2.75, 3.05) is 7.11 Å². The summed E-state index contributed by atoms with van der Waals surface area (Å²) in [6.07, 6.45) is 0. The molecule has 0 saturated carbocycles. The van der Waals surface area contributed by atoms with E-state index in [-0.39, 0.29) is 0 Å². The van der Waals surface area contributed by atoms with E-state index in [9.17, 15) is 0 Å². The van der Waals surface area contributed by atoms with E-state index in [2.05, 4.69) is 41.3 Å². The predicted octanol–water partition coefficient (Wildman–Crippen LogP) is 4.35. The molecular formula is C17H16N2O2S. The fourth-order valence-electron chi connectivity index (χ4n) is 2.02. The van der Waals surface area contributed by atoms with Gasteiger partial charge in [-0.15, -0.1) is 11.8 Å². The lowest BCUT2D eigenvalue weighted by Crippen LogP contribution is -1.85. The number of ether oxygens (including phenoxy) is 1. The fourth-order valence-corrected chi connectivity index (χ4v) is 2.87. The lowest BCUT2D eigenvalue weighted by Gasteiger charge is -1.99. The Labute approximate surface area is 133 Å². The molecule has 0 amide bonds. The monoisotopic (exact) mass is 312 g/mol. The maximum atomic E-state index is 5.32. The summed E-state index contributed by atoms with van der Waals surface area (Å²) >= 11 is 1.70. The van der Waals surface area contributed by atoms with Crippen LogP contribution >= 0.6 is 11.8 Å². The van der Waals surface area contributed by atoms with Crippen LogP contribution in [-0.2, 0) is 5.75 Å². The van der Waals surface area contributed by atoms with Crippen LogP contribution in [0.4, 0.5) is 0 Å². The molecule has 5 heteroatoms. The SMILES string of the molecule is COc1ccc(-c2nc(CSc3cccc(C)c3)no2)cc1. The first kappa shape index (κ1) is 14.7. The van der Waals surface area contributed by atoms with Crippen LogP contribution in [-0.4, -0.2) is 17.3 Å². The second-order valence-corrected chi connectivity index (χ2v) is 5.90. The minimum absolute atomic E-state index is 0.530. The van der Waals surface area contributed by atoms with Crippen LogP contribution in [0.5, 0.6) is 5.75 Å². The van der Waals surface area contributed by atoms with Crippen LogP contribution in [0.3, 0.4) is 0 Å². The molecule has 0 spiro atoms.